The molecule has 1 spiro atoms. The normalized spacial score (nSPS) is 21.6. The number of nitrogens with one attached hydrogen (secondary N) is 3. The minimum Gasteiger partial charge on any atom is -0.453 e. The van der Waals surface area contributed by atoms with Gasteiger partial charge in [-0.05, 0) is 53.9 Å². The zero-order valence-corrected chi connectivity index (χ0v) is 30.6. The maximum atomic E-state index is 13.5. The van der Waals surface area contributed by atoms with Crippen molar-refractivity contribution in [3.8, 4) is 33.6 Å². The lowest BCUT2D eigenvalue weighted by molar-refractivity contribution is -0.135. The van der Waals surface area contributed by atoms with Crippen molar-refractivity contribution in [2.24, 2.45) is 5.92 Å². The lowest BCUT2D eigenvalue weighted by atomic mass is 9.96. The van der Waals surface area contributed by atoms with Gasteiger partial charge in [-0.3, -0.25) is 9.59 Å². The Labute approximate surface area is 312 Å². The van der Waals surface area contributed by atoms with Gasteiger partial charge in [-0.15, -0.1) is 0 Å². The van der Waals surface area contributed by atoms with E-state index in [0.29, 0.717) is 31.9 Å². The molecule has 0 unspecified atom stereocenters. The van der Waals surface area contributed by atoms with Gasteiger partial charge in [0.15, 0.2) is 0 Å². The van der Waals surface area contributed by atoms with E-state index < -0.39 is 12.1 Å². The Morgan fingerprint density at radius 1 is 0.870 bits per heavy atom. The SMILES string of the molecule is COC(=O)N[C@H](C(=O)N1CCC[C@H]1c1ncc(-c2ccc(-c3ccc(-c4cnc([C@@H]5C[C@@]6(CCCO6)CN5C(=O)c5ncco5)[nH]4)cc3)cc2)[nH]1)C(C)C. The quantitative estimate of drug-likeness (QED) is 0.157. The monoisotopic (exact) mass is 732 g/mol. The minimum atomic E-state index is -0.684. The number of amides is 3. The van der Waals surface area contributed by atoms with Gasteiger partial charge >= 0.3 is 12.0 Å². The molecule has 280 valence electrons. The Morgan fingerprint density at radius 3 is 2.06 bits per heavy atom. The number of H-pyrrole nitrogens is 2. The molecular formula is C40H44N8O6. The average molecular weight is 733 g/mol. The van der Waals surface area contributed by atoms with E-state index in [-0.39, 0.29) is 41.3 Å². The molecule has 0 aliphatic carbocycles. The van der Waals surface area contributed by atoms with Crippen molar-refractivity contribution in [1.82, 2.24) is 40.0 Å². The van der Waals surface area contributed by atoms with Crippen molar-refractivity contribution in [2.75, 3.05) is 26.8 Å². The molecule has 3 aromatic heterocycles. The average Bonchev–Trinajstić information content (AvgIpc) is 4.05. The van der Waals surface area contributed by atoms with Crippen LogP contribution in [0.4, 0.5) is 4.79 Å². The summed E-state index contributed by atoms with van der Waals surface area (Å²) in [5, 5.41) is 2.70. The highest BCUT2D eigenvalue weighted by Gasteiger charge is 2.51. The number of hydrogen-bond acceptors (Lipinski definition) is 9. The molecule has 0 saturated carbocycles. The lowest BCUT2D eigenvalue weighted by Crippen LogP contribution is -2.51. The van der Waals surface area contributed by atoms with Gasteiger partial charge in [-0.25, -0.2) is 19.7 Å². The fourth-order valence-corrected chi connectivity index (χ4v) is 8.08. The van der Waals surface area contributed by atoms with E-state index in [1.54, 1.807) is 11.1 Å². The van der Waals surface area contributed by atoms with E-state index in [0.717, 1.165) is 65.1 Å². The second kappa shape index (κ2) is 14.6. The molecule has 3 aliphatic heterocycles. The van der Waals surface area contributed by atoms with Gasteiger partial charge in [-0.1, -0.05) is 62.4 Å². The Balaban J connectivity index is 0.942. The van der Waals surface area contributed by atoms with E-state index in [9.17, 15) is 14.4 Å². The Bertz CT molecular complexity index is 2100. The number of nitrogens with zero attached hydrogens (tertiary/aromatic N) is 5. The molecule has 3 saturated heterocycles. The number of aromatic nitrogens is 5. The summed E-state index contributed by atoms with van der Waals surface area (Å²) in [5.74, 6) is 1.000. The Hall–Kier alpha value is -5.76. The predicted octanol–water partition coefficient (Wildman–Crippen LogP) is 6.30. The molecule has 6 heterocycles. The van der Waals surface area contributed by atoms with Gasteiger partial charge < -0.3 is 39.0 Å². The number of imidazole rings is 2. The number of aromatic amines is 2. The largest absolute Gasteiger partial charge is 0.453 e. The van der Waals surface area contributed by atoms with Crippen LogP contribution in [0.3, 0.4) is 0 Å². The first-order valence-corrected chi connectivity index (χ1v) is 18.5. The third-order valence-electron chi connectivity index (χ3n) is 10.9. The fourth-order valence-electron chi connectivity index (χ4n) is 8.08. The molecule has 0 bridgehead atoms. The number of benzene rings is 2. The number of hydrogen-bond donors (Lipinski definition) is 3. The maximum Gasteiger partial charge on any atom is 0.407 e. The molecule has 8 rings (SSSR count). The molecule has 4 atom stereocenters. The van der Waals surface area contributed by atoms with Gasteiger partial charge in [0.1, 0.15) is 24.0 Å². The van der Waals surface area contributed by atoms with Crippen LogP contribution in [0.2, 0.25) is 0 Å². The first-order chi connectivity index (χ1) is 26.2. The van der Waals surface area contributed by atoms with E-state index in [2.05, 4.69) is 73.8 Å². The molecule has 3 N–H and O–H groups in total. The minimum absolute atomic E-state index is 0.0659. The number of likely N-dealkylation sites (tertiary alicyclic amines) is 2. The molecular weight excluding hydrogens is 688 g/mol. The summed E-state index contributed by atoms with van der Waals surface area (Å²) in [5.41, 5.74) is 5.44. The Morgan fingerprint density at radius 2 is 1.50 bits per heavy atom. The van der Waals surface area contributed by atoms with Crippen molar-refractivity contribution >= 4 is 17.9 Å². The van der Waals surface area contributed by atoms with Crippen LogP contribution in [0, 0.1) is 5.92 Å². The van der Waals surface area contributed by atoms with Gasteiger partial charge in [0.05, 0.1) is 61.3 Å². The molecule has 0 radical (unpaired) electrons. The zero-order valence-electron chi connectivity index (χ0n) is 30.6. The number of ether oxygens (including phenoxy) is 2. The molecule has 3 aliphatic rings. The summed E-state index contributed by atoms with van der Waals surface area (Å²) in [6.07, 6.45) is 10.1. The number of methoxy groups -OCH3 is 1. The van der Waals surface area contributed by atoms with Crippen molar-refractivity contribution < 1.29 is 28.3 Å². The van der Waals surface area contributed by atoms with Crippen LogP contribution < -0.4 is 5.32 Å². The first-order valence-electron chi connectivity index (χ1n) is 18.5. The van der Waals surface area contributed by atoms with Crippen LogP contribution in [-0.4, -0.2) is 91.1 Å². The van der Waals surface area contributed by atoms with E-state index in [1.165, 1.54) is 19.6 Å². The van der Waals surface area contributed by atoms with E-state index >= 15 is 0 Å². The van der Waals surface area contributed by atoms with Crippen LogP contribution in [0.5, 0.6) is 0 Å². The highest BCUT2D eigenvalue weighted by atomic mass is 16.5. The smallest absolute Gasteiger partial charge is 0.407 e. The predicted molar refractivity (Wildman–Crippen MR) is 198 cm³/mol. The number of carbonyl (C=O) groups is 3. The molecule has 2 aromatic carbocycles. The van der Waals surface area contributed by atoms with Crippen molar-refractivity contribution in [1.29, 1.82) is 0 Å². The molecule has 5 aromatic rings. The molecule has 54 heavy (non-hydrogen) atoms. The van der Waals surface area contributed by atoms with Crippen LogP contribution in [-0.2, 0) is 14.3 Å². The highest BCUT2D eigenvalue weighted by Crippen LogP contribution is 2.45. The highest BCUT2D eigenvalue weighted by molar-refractivity contribution is 5.90. The molecule has 14 heteroatoms. The summed E-state index contributed by atoms with van der Waals surface area (Å²) in [4.78, 5) is 62.9. The van der Waals surface area contributed by atoms with Crippen molar-refractivity contribution in [2.45, 2.75) is 69.7 Å². The third kappa shape index (κ3) is 6.77. The molecule has 3 fully saturated rings. The lowest BCUT2D eigenvalue weighted by Gasteiger charge is -2.30. The summed E-state index contributed by atoms with van der Waals surface area (Å²) in [6, 6.07) is 15.4. The Kier molecular flexibility index (Phi) is 9.52. The molecule has 14 nitrogen and oxygen atoms in total. The van der Waals surface area contributed by atoms with Crippen molar-refractivity contribution in [3.05, 3.63) is 90.9 Å². The van der Waals surface area contributed by atoms with E-state index in [1.807, 2.05) is 24.9 Å². The number of alkyl carbamates (subject to hydrolysis) is 1. The summed E-state index contributed by atoms with van der Waals surface area (Å²) < 4.78 is 16.3. The summed E-state index contributed by atoms with van der Waals surface area (Å²) >= 11 is 0. The summed E-state index contributed by atoms with van der Waals surface area (Å²) in [6.45, 7) is 5.57. The van der Waals surface area contributed by atoms with E-state index in [4.69, 9.17) is 18.9 Å². The van der Waals surface area contributed by atoms with Gasteiger partial charge in [-0.2, -0.15) is 0 Å². The fraction of sp³-hybridized carbons (Fsp3) is 0.400. The van der Waals surface area contributed by atoms with Crippen LogP contribution in [0.25, 0.3) is 33.6 Å². The van der Waals surface area contributed by atoms with Gasteiger partial charge in [0.2, 0.25) is 5.91 Å². The van der Waals surface area contributed by atoms with Gasteiger partial charge in [0, 0.05) is 19.6 Å². The second-order valence-corrected chi connectivity index (χ2v) is 14.7. The molecule has 3 amide bonds. The third-order valence-corrected chi connectivity index (χ3v) is 10.9. The van der Waals surface area contributed by atoms with Crippen LogP contribution in [0.1, 0.15) is 80.4 Å². The number of oxazole rings is 1. The van der Waals surface area contributed by atoms with Crippen molar-refractivity contribution in [3.63, 3.8) is 0 Å². The van der Waals surface area contributed by atoms with Crippen LogP contribution in [0.15, 0.2) is 77.8 Å². The number of rotatable bonds is 9. The topological polar surface area (TPSA) is 172 Å². The van der Waals surface area contributed by atoms with Crippen LogP contribution >= 0.6 is 0 Å². The maximum absolute atomic E-state index is 13.5. The first kappa shape index (κ1) is 35.3. The summed E-state index contributed by atoms with van der Waals surface area (Å²) in [7, 11) is 1.29. The standard InChI is InChI=1S/C40H44N8O6/c1-24(2)33(46-39(51)52-3)37(49)47-17-4-6-31(47)34-42-21-29(44-34)27-11-7-25(8-12-27)26-9-13-28(14-10-26)30-22-43-35(45-30)32-20-40(15-5-18-54-40)23-48(32)38(50)36-41-16-19-53-36/h7-14,16,19,21-22,24,31-33H,4-6,15,17-18,20,23H2,1-3H3,(H,42,44)(H,43,45)(H,46,51)/t31-,32-,33-,40-/m0/s1. The second-order valence-electron chi connectivity index (χ2n) is 14.7. The van der Waals surface area contributed by atoms with Gasteiger partial charge in [0.25, 0.3) is 5.89 Å². The zero-order chi connectivity index (χ0) is 37.4. The number of carbonyl (C=O) groups excluding carboxylic acids is 3.